The summed E-state index contributed by atoms with van der Waals surface area (Å²) >= 11 is 0. The lowest BCUT2D eigenvalue weighted by atomic mass is 10.1. The van der Waals surface area contributed by atoms with E-state index in [0.29, 0.717) is 0 Å². The van der Waals surface area contributed by atoms with Gasteiger partial charge in [0.25, 0.3) is 0 Å². The second-order valence-corrected chi connectivity index (χ2v) is 6.38. The van der Waals surface area contributed by atoms with Crippen LogP contribution in [0.25, 0.3) is 11.1 Å². The van der Waals surface area contributed by atoms with Crippen LogP contribution in [0, 0.1) is 0 Å². The highest BCUT2D eigenvalue weighted by Crippen LogP contribution is 2.21. The molecule has 0 atom stereocenters. The van der Waals surface area contributed by atoms with Gasteiger partial charge in [0.15, 0.2) is 12.4 Å². The SMILES string of the molecule is CCCCCC[n+]1cc(-c2ccccc2)cc(N2CCOCC2)n1.[I-]. The Hall–Kier alpha value is -1.21. The number of aromatic nitrogens is 2. The number of hydrogen-bond acceptors (Lipinski definition) is 3. The summed E-state index contributed by atoms with van der Waals surface area (Å²) in [5.41, 5.74) is 2.49. The Balaban J connectivity index is 0.00000225. The highest BCUT2D eigenvalue weighted by molar-refractivity contribution is 5.64. The number of ether oxygens (including phenoxy) is 1. The second-order valence-electron chi connectivity index (χ2n) is 6.38. The molecule has 0 bridgehead atoms. The van der Waals surface area contributed by atoms with Gasteiger partial charge in [0.05, 0.1) is 18.8 Å². The maximum Gasteiger partial charge on any atom is 0.204 e. The van der Waals surface area contributed by atoms with E-state index in [4.69, 9.17) is 9.84 Å². The third kappa shape index (κ3) is 5.92. The van der Waals surface area contributed by atoms with Gasteiger partial charge in [-0.2, -0.15) is 0 Å². The summed E-state index contributed by atoms with van der Waals surface area (Å²) in [5, 5.41) is 4.87. The minimum absolute atomic E-state index is 0. The number of unbranched alkanes of at least 4 members (excludes halogenated alkanes) is 3. The van der Waals surface area contributed by atoms with Crippen LogP contribution in [0.15, 0.2) is 42.6 Å². The number of halogens is 1. The zero-order chi connectivity index (χ0) is 16.6. The molecule has 1 saturated heterocycles. The zero-order valence-electron chi connectivity index (χ0n) is 15.0. The number of rotatable bonds is 7. The van der Waals surface area contributed by atoms with E-state index in [1.807, 2.05) is 0 Å². The van der Waals surface area contributed by atoms with Gasteiger partial charge >= 0.3 is 0 Å². The number of aryl methyl sites for hydroxylation is 1. The highest BCUT2D eigenvalue weighted by atomic mass is 127. The van der Waals surface area contributed by atoms with Crippen LogP contribution < -0.4 is 33.6 Å². The van der Waals surface area contributed by atoms with Gasteiger partial charge in [-0.15, -0.1) is 0 Å². The highest BCUT2D eigenvalue weighted by Gasteiger charge is 2.18. The summed E-state index contributed by atoms with van der Waals surface area (Å²) in [6, 6.07) is 12.8. The normalized spacial score (nSPS) is 14.2. The molecule has 2 heterocycles. The number of hydrogen-bond donors (Lipinski definition) is 0. The van der Waals surface area contributed by atoms with Crippen LogP contribution in [0.1, 0.15) is 32.6 Å². The molecule has 1 aliphatic rings. The van der Waals surface area contributed by atoms with Crippen molar-refractivity contribution in [2.45, 2.75) is 39.2 Å². The first-order valence-corrected chi connectivity index (χ1v) is 9.17. The van der Waals surface area contributed by atoms with Gasteiger partial charge in [-0.25, -0.2) is 0 Å². The average molecular weight is 453 g/mol. The lowest BCUT2D eigenvalue weighted by Gasteiger charge is -2.26. The van der Waals surface area contributed by atoms with Crippen LogP contribution >= 0.6 is 0 Å². The minimum Gasteiger partial charge on any atom is -1.00 e. The fraction of sp³-hybridized carbons (Fsp3) is 0.500. The van der Waals surface area contributed by atoms with Crippen molar-refractivity contribution in [2.75, 3.05) is 31.2 Å². The molecule has 4 nitrogen and oxygen atoms in total. The lowest BCUT2D eigenvalue weighted by molar-refractivity contribution is -0.752. The molecule has 0 N–H and O–H groups in total. The molecule has 1 aromatic carbocycles. The van der Waals surface area contributed by atoms with Gasteiger partial charge in [-0.1, -0.05) is 54.8 Å². The summed E-state index contributed by atoms with van der Waals surface area (Å²) in [6.45, 7) is 6.64. The number of anilines is 1. The summed E-state index contributed by atoms with van der Waals surface area (Å²) in [4.78, 5) is 2.33. The van der Waals surface area contributed by atoms with E-state index < -0.39 is 0 Å². The van der Waals surface area contributed by atoms with E-state index in [0.717, 1.165) is 38.7 Å². The van der Waals surface area contributed by atoms with Gasteiger partial charge in [-0.05, 0) is 12.0 Å². The van der Waals surface area contributed by atoms with E-state index in [1.165, 1.54) is 36.8 Å². The first-order valence-electron chi connectivity index (χ1n) is 9.17. The first kappa shape index (κ1) is 20.1. The molecule has 3 rings (SSSR count). The number of morpholine rings is 1. The van der Waals surface area contributed by atoms with Gasteiger partial charge in [0.2, 0.25) is 6.20 Å². The quantitative estimate of drug-likeness (QED) is 0.347. The van der Waals surface area contributed by atoms with E-state index in [2.05, 4.69) is 59.1 Å². The Bertz CT molecular complexity index is 630. The molecule has 0 aliphatic carbocycles. The second kappa shape index (κ2) is 10.7. The fourth-order valence-corrected chi connectivity index (χ4v) is 3.08. The van der Waals surface area contributed by atoms with E-state index in [1.54, 1.807) is 0 Å². The van der Waals surface area contributed by atoms with E-state index in [-0.39, 0.29) is 24.0 Å². The van der Waals surface area contributed by atoms with Gasteiger partial charge in [0, 0.05) is 30.7 Å². The van der Waals surface area contributed by atoms with Crippen LogP contribution in [0.3, 0.4) is 0 Å². The van der Waals surface area contributed by atoms with Crippen molar-refractivity contribution in [1.82, 2.24) is 5.10 Å². The van der Waals surface area contributed by atoms with Crippen LogP contribution in [0.2, 0.25) is 0 Å². The van der Waals surface area contributed by atoms with Crippen molar-refractivity contribution in [2.24, 2.45) is 0 Å². The monoisotopic (exact) mass is 453 g/mol. The fourth-order valence-electron chi connectivity index (χ4n) is 3.08. The minimum atomic E-state index is 0. The Kier molecular flexibility index (Phi) is 8.61. The topological polar surface area (TPSA) is 29.2 Å². The molecule has 1 fully saturated rings. The maximum absolute atomic E-state index is 5.48. The summed E-state index contributed by atoms with van der Waals surface area (Å²) in [7, 11) is 0. The van der Waals surface area contributed by atoms with Gasteiger partial charge in [-0.3, -0.25) is 0 Å². The maximum atomic E-state index is 5.48. The van der Waals surface area contributed by atoms with E-state index in [9.17, 15) is 0 Å². The van der Waals surface area contributed by atoms with Crippen molar-refractivity contribution in [3.63, 3.8) is 0 Å². The van der Waals surface area contributed by atoms with Crippen molar-refractivity contribution in [3.05, 3.63) is 42.6 Å². The largest absolute Gasteiger partial charge is 1.00 e. The summed E-state index contributed by atoms with van der Waals surface area (Å²) in [5.74, 6) is 1.06. The Morgan fingerprint density at radius 2 is 1.80 bits per heavy atom. The predicted octanol–water partition coefficient (Wildman–Crippen LogP) is 0.457. The lowest BCUT2D eigenvalue weighted by Crippen LogP contribution is -3.00. The molecule has 1 aromatic heterocycles. The van der Waals surface area contributed by atoms with Crippen LogP contribution in [0.4, 0.5) is 5.82 Å². The predicted molar refractivity (Wildman–Crippen MR) is 97.0 cm³/mol. The summed E-state index contributed by atoms with van der Waals surface area (Å²) in [6.07, 6.45) is 7.21. The number of nitrogens with zero attached hydrogens (tertiary/aromatic N) is 3. The Morgan fingerprint density at radius 1 is 1.04 bits per heavy atom. The molecule has 0 radical (unpaired) electrons. The molecule has 1 aliphatic heterocycles. The van der Waals surface area contributed by atoms with Crippen molar-refractivity contribution in [1.29, 1.82) is 0 Å². The molecule has 2 aromatic rings. The number of benzene rings is 1. The molecule has 0 spiro atoms. The van der Waals surface area contributed by atoms with Crippen molar-refractivity contribution >= 4 is 5.82 Å². The molecule has 0 amide bonds. The third-order valence-corrected chi connectivity index (χ3v) is 4.49. The molecule has 136 valence electrons. The molecule has 0 saturated carbocycles. The Labute approximate surface area is 168 Å². The standard InChI is InChI=1S/C20H28N3O.HI/c1-2-3-4-8-11-23-17-19(18-9-6-5-7-10-18)16-20(21-23)22-12-14-24-15-13-22;/h5-7,9-10,16-17H,2-4,8,11-15H2,1H3;1H/q+1;/p-1. The van der Waals surface area contributed by atoms with Crippen molar-refractivity contribution in [3.8, 4) is 11.1 Å². The zero-order valence-corrected chi connectivity index (χ0v) is 17.2. The average Bonchev–Trinajstić information content (AvgIpc) is 2.66. The van der Waals surface area contributed by atoms with Crippen molar-refractivity contribution < 1.29 is 33.4 Å². The third-order valence-electron chi connectivity index (χ3n) is 4.49. The molecular weight excluding hydrogens is 425 g/mol. The molecule has 0 unspecified atom stereocenters. The van der Waals surface area contributed by atoms with Crippen LogP contribution in [0.5, 0.6) is 0 Å². The Morgan fingerprint density at radius 3 is 2.52 bits per heavy atom. The van der Waals surface area contributed by atoms with E-state index >= 15 is 0 Å². The smallest absolute Gasteiger partial charge is 0.204 e. The first-order chi connectivity index (χ1) is 11.9. The van der Waals surface area contributed by atoms with Crippen LogP contribution in [-0.4, -0.2) is 31.4 Å². The van der Waals surface area contributed by atoms with Gasteiger partial charge < -0.3 is 33.6 Å². The van der Waals surface area contributed by atoms with Gasteiger partial charge in [0.1, 0.15) is 0 Å². The molecule has 5 heteroatoms. The molecule has 25 heavy (non-hydrogen) atoms. The summed E-state index contributed by atoms with van der Waals surface area (Å²) < 4.78 is 7.61. The van der Waals surface area contributed by atoms with Crippen LogP contribution in [-0.2, 0) is 11.3 Å². The molecular formula is C20H28IN3O.